The lowest BCUT2D eigenvalue weighted by Crippen LogP contribution is -2.24. The van der Waals surface area contributed by atoms with E-state index in [4.69, 9.17) is 9.90 Å². The quantitative estimate of drug-likeness (QED) is 0.508. The van der Waals surface area contributed by atoms with Crippen molar-refractivity contribution in [3.05, 3.63) is 0 Å². The van der Waals surface area contributed by atoms with E-state index in [9.17, 15) is 10.2 Å². The first-order valence-corrected chi connectivity index (χ1v) is 4.56. The summed E-state index contributed by atoms with van der Waals surface area (Å²) < 4.78 is 0. The molecule has 0 aromatic carbocycles. The molecule has 2 bridgehead atoms. The second-order valence-corrected chi connectivity index (χ2v) is 3.88. The van der Waals surface area contributed by atoms with Crippen LogP contribution in [0.4, 0.5) is 0 Å². The molecule has 2 rings (SSSR count). The first-order valence-electron chi connectivity index (χ1n) is 4.56. The van der Waals surface area contributed by atoms with Crippen LogP contribution in [0, 0.1) is 11.8 Å². The van der Waals surface area contributed by atoms with E-state index in [-0.39, 0.29) is 12.2 Å². The molecule has 0 aliphatic heterocycles. The Hall–Kier alpha value is -0.610. The SMILES string of the molecule is CC(=O)O.O[C@@H]1C[C@@H]2C[C@H]1C[C@@H]2O. The highest BCUT2D eigenvalue weighted by atomic mass is 16.4. The number of carboxylic acids is 1. The van der Waals surface area contributed by atoms with Gasteiger partial charge in [0.1, 0.15) is 0 Å². The molecule has 3 N–H and O–H groups in total. The maximum absolute atomic E-state index is 9.23. The summed E-state index contributed by atoms with van der Waals surface area (Å²) in [6.45, 7) is 1.08. The fraction of sp³-hybridized carbons (Fsp3) is 0.889. The first-order chi connectivity index (χ1) is 6.00. The summed E-state index contributed by atoms with van der Waals surface area (Å²) in [5.41, 5.74) is 0. The largest absolute Gasteiger partial charge is 0.481 e. The molecular weight excluding hydrogens is 172 g/mol. The molecular formula is C9H16O4. The molecule has 0 amide bonds. The van der Waals surface area contributed by atoms with Gasteiger partial charge in [-0.1, -0.05) is 0 Å². The maximum Gasteiger partial charge on any atom is 0.300 e. The molecule has 0 aromatic rings. The number of hydrogen-bond donors (Lipinski definition) is 3. The van der Waals surface area contributed by atoms with Crippen LogP contribution in [0.3, 0.4) is 0 Å². The molecule has 0 heterocycles. The van der Waals surface area contributed by atoms with E-state index >= 15 is 0 Å². The molecule has 0 aromatic heterocycles. The minimum absolute atomic E-state index is 0.0987. The van der Waals surface area contributed by atoms with Crippen LogP contribution in [-0.2, 0) is 4.79 Å². The summed E-state index contributed by atoms with van der Waals surface area (Å²) in [5, 5.41) is 25.9. The van der Waals surface area contributed by atoms with Gasteiger partial charge in [0.15, 0.2) is 0 Å². The van der Waals surface area contributed by atoms with Gasteiger partial charge in [0, 0.05) is 6.92 Å². The van der Waals surface area contributed by atoms with Gasteiger partial charge in [-0.2, -0.15) is 0 Å². The highest BCUT2D eigenvalue weighted by Crippen LogP contribution is 2.44. The van der Waals surface area contributed by atoms with Gasteiger partial charge < -0.3 is 15.3 Å². The van der Waals surface area contributed by atoms with Gasteiger partial charge in [-0.25, -0.2) is 0 Å². The number of aliphatic carboxylic acids is 1. The lowest BCUT2D eigenvalue weighted by atomic mass is 9.95. The standard InChI is InChI=1S/C7H12O2.C2H4O2/c8-6-2-4-1-5(6)3-7(4)9;1-2(3)4/h4-9H,1-3H2;1H3,(H,3,4)/t4-,5-,6-,7+;/m0./s1. The Morgan fingerprint density at radius 1 is 1.08 bits per heavy atom. The predicted octanol–water partition coefficient (Wildman–Crippen LogP) is 0.229. The van der Waals surface area contributed by atoms with E-state index in [1.807, 2.05) is 0 Å². The number of carbonyl (C=O) groups is 1. The third-order valence-electron chi connectivity index (χ3n) is 2.78. The molecule has 0 saturated heterocycles. The molecule has 0 spiro atoms. The minimum Gasteiger partial charge on any atom is -0.481 e. The summed E-state index contributed by atoms with van der Waals surface area (Å²) in [6.07, 6.45) is 2.54. The Bertz CT molecular complexity index is 170. The van der Waals surface area contributed by atoms with Crippen molar-refractivity contribution in [2.75, 3.05) is 0 Å². The molecule has 4 nitrogen and oxygen atoms in total. The predicted molar refractivity (Wildman–Crippen MR) is 46.2 cm³/mol. The van der Waals surface area contributed by atoms with Crippen molar-refractivity contribution in [2.45, 2.75) is 38.4 Å². The molecule has 4 atom stereocenters. The van der Waals surface area contributed by atoms with Crippen LogP contribution in [0.15, 0.2) is 0 Å². The van der Waals surface area contributed by atoms with Gasteiger partial charge in [-0.05, 0) is 31.1 Å². The minimum atomic E-state index is -0.833. The van der Waals surface area contributed by atoms with Crippen molar-refractivity contribution in [2.24, 2.45) is 11.8 Å². The average molecular weight is 188 g/mol. The van der Waals surface area contributed by atoms with Crippen molar-refractivity contribution in [3.8, 4) is 0 Å². The zero-order valence-corrected chi connectivity index (χ0v) is 7.68. The zero-order chi connectivity index (χ0) is 10.0. The lowest BCUT2D eigenvalue weighted by molar-refractivity contribution is -0.134. The van der Waals surface area contributed by atoms with Crippen LogP contribution in [0.1, 0.15) is 26.2 Å². The molecule has 2 fully saturated rings. The summed E-state index contributed by atoms with van der Waals surface area (Å²) in [5.74, 6) is 0.00926. The number of aliphatic hydroxyl groups excluding tert-OH is 2. The van der Waals surface area contributed by atoms with E-state index in [2.05, 4.69) is 0 Å². The molecule has 13 heavy (non-hydrogen) atoms. The lowest BCUT2D eigenvalue weighted by Gasteiger charge is -2.19. The van der Waals surface area contributed by atoms with Crippen molar-refractivity contribution in [1.29, 1.82) is 0 Å². The molecule has 2 aliphatic carbocycles. The third-order valence-corrected chi connectivity index (χ3v) is 2.78. The number of aliphatic hydroxyl groups is 2. The van der Waals surface area contributed by atoms with E-state index < -0.39 is 5.97 Å². The summed E-state index contributed by atoms with van der Waals surface area (Å²) in [6, 6.07) is 0. The number of fused-ring (bicyclic) bond motifs is 2. The summed E-state index contributed by atoms with van der Waals surface area (Å²) >= 11 is 0. The van der Waals surface area contributed by atoms with Gasteiger partial charge in [0.25, 0.3) is 5.97 Å². The first kappa shape index (κ1) is 10.5. The van der Waals surface area contributed by atoms with Crippen LogP contribution in [0.5, 0.6) is 0 Å². The molecule has 76 valence electrons. The molecule has 0 radical (unpaired) electrons. The Kier molecular flexibility index (Phi) is 3.27. The van der Waals surface area contributed by atoms with Gasteiger partial charge >= 0.3 is 0 Å². The van der Waals surface area contributed by atoms with E-state index in [0.29, 0.717) is 11.8 Å². The van der Waals surface area contributed by atoms with Crippen LogP contribution < -0.4 is 0 Å². The molecule has 2 aliphatic rings. The normalized spacial score (nSPS) is 41.2. The van der Waals surface area contributed by atoms with E-state index in [0.717, 1.165) is 26.2 Å². The molecule has 0 unspecified atom stereocenters. The topological polar surface area (TPSA) is 77.8 Å². The van der Waals surface area contributed by atoms with Crippen LogP contribution in [0.2, 0.25) is 0 Å². The van der Waals surface area contributed by atoms with Crippen LogP contribution >= 0.6 is 0 Å². The Morgan fingerprint density at radius 3 is 1.54 bits per heavy atom. The molecule has 4 heteroatoms. The van der Waals surface area contributed by atoms with Crippen molar-refractivity contribution < 1.29 is 20.1 Å². The Balaban J connectivity index is 0.000000184. The van der Waals surface area contributed by atoms with Crippen molar-refractivity contribution in [3.63, 3.8) is 0 Å². The fourth-order valence-electron chi connectivity index (χ4n) is 2.21. The van der Waals surface area contributed by atoms with Gasteiger partial charge in [0.2, 0.25) is 0 Å². The molecule has 2 saturated carbocycles. The fourth-order valence-corrected chi connectivity index (χ4v) is 2.21. The zero-order valence-electron chi connectivity index (χ0n) is 7.68. The van der Waals surface area contributed by atoms with Gasteiger partial charge in [-0.15, -0.1) is 0 Å². The summed E-state index contributed by atoms with van der Waals surface area (Å²) in [4.78, 5) is 9.00. The van der Waals surface area contributed by atoms with Crippen molar-refractivity contribution >= 4 is 5.97 Å². The number of rotatable bonds is 0. The van der Waals surface area contributed by atoms with Gasteiger partial charge in [0.05, 0.1) is 12.2 Å². The average Bonchev–Trinajstić information content (AvgIpc) is 2.44. The van der Waals surface area contributed by atoms with Gasteiger partial charge in [-0.3, -0.25) is 4.79 Å². The monoisotopic (exact) mass is 188 g/mol. The summed E-state index contributed by atoms with van der Waals surface area (Å²) in [7, 11) is 0. The van der Waals surface area contributed by atoms with Crippen molar-refractivity contribution in [1.82, 2.24) is 0 Å². The Morgan fingerprint density at radius 2 is 1.38 bits per heavy atom. The van der Waals surface area contributed by atoms with Crippen LogP contribution in [0.25, 0.3) is 0 Å². The van der Waals surface area contributed by atoms with Crippen LogP contribution in [-0.4, -0.2) is 33.5 Å². The number of carboxylic acid groups (broad SMARTS) is 1. The van der Waals surface area contributed by atoms with E-state index in [1.165, 1.54) is 0 Å². The Labute approximate surface area is 77.2 Å². The van der Waals surface area contributed by atoms with E-state index in [1.54, 1.807) is 0 Å². The highest BCUT2D eigenvalue weighted by Gasteiger charge is 2.44. The maximum atomic E-state index is 9.23. The number of hydrogen-bond acceptors (Lipinski definition) is 3. The second-order valence-electron chi connectivity index (χ2n) is 3.88. The smallest absolute Gasteiger partial charge is 0.300 e. The second kappa shape index (κ2) is 4.07. The third kappa shape index (κ3) is 2.67. The highest BCUT2D eigenvalue weighted by molar-refractivity contribution is 5.62.